The Kier molecular flexibility index (Phi) is 6.21. The monoisotopic (exact) mass is 346 g/mol. The maximum absolute atomic E-state index is 11.9. The van der Waals surface area contributed by atoms with Gasteiger partial charge < -0.3 is 15.4 Å². The molecule has 0 aliphatic rings. The van der Waals surface area contributed by atoms with Crippen LogP contribution in [-0.2, 0) is 9.59 Å². The minimum atomic E-state index is -0.297. The van der Waals surface area contributed by atoms with E-state index in [0.29, 0.717) is 22.1 Å². The van der Waals surface area contributed by atoms with Crippen LogP contribution in [0, 0.1) is 5.92 Å². The Balaban J connectivity index is 1.86. The van der Waals surface area contributed by atoms with Crippen molar-refractivity contribution in [1.82, 2.24) is 0 Å². The molecule has 126 valence electrons. The summed E-state index contributed by atoms with van der Waals surface area (Å²) in [4.78, 5) is 23.5. The van der Waals surface area contributed by atoms with Crippen molar-refractivity contribution in [3.05, 3.63) is 53.6 Å². The molecule has 2 aromatic carbocycles. The van der Waals surface area contributed by atoms with E-state index >= 15 is 0 Å². The van der Waals surface area contributed by atoms with Crippen molar-refractivity contribution in [2.45, 2.75) is 13.8 Å². The van der Waals surface area contributed by atoms with Gasteiger partial charge in [-0.2, -0.15) is 0 Å². The Bertz CT molecular complexity index is 714. The Morgan fingerprint density at radius 2 is 1.58 bits per heavy atom. The molecule has 0 bridgehead atoms. The molecule has 0 saturated carbocycles. The van der Waals surface area contributed by atoms with E-state index in [1.165, 1.54) is 0 Å². The number of carbonyl (C=O) groups is 2. The molecule has 5 nitrogen and oxygen atoms in total. The van der Waals surface area contributed by atoms with Crippen molar-refractivity contribution in [2.24, 2.45) is 5.92 Å². The SMILES string of the molecule is CC(C)C(=O)Nc1ccc(NC(=O)COc2ccccc2Cl)cc1. The van der Waals surface area contributed by atoms with Crippen LogP contribution in [-0.4, -0.2) is 18.4 Å². The molecule has 0 aromatic heterocycles. The highest BCUT2D eigenvalue weighted by atomic mass is 35.5. The van der Waals surface area contributed by atoms with Crippen molar-refractivity contribution in [2.75, 3.05) is 17.2 Å². The summed E-state index contributed by atoms with van der Waals surface area (Å²) >= 11 is 5.96. The molecular formula is C18H19ClN2O3. The normalized spacial score (nSPS) is 10.3. The lowest BCUT2D eigenvalue weighted by molar-refractivity contribution is -0.119. The smallest absolute Gasteiger partial charge is 0.262 e. The summed E-state index contributed by atoms with van der Waals surface area (Å²) in [5.41, 5.74) is 1.30. The molecule has 6 heteroatoms. The molecule has 0 aliphatic heterocycles. The summed E-state index contributed by atoms with van der Waals surface area (Å²) in [7, 11) is 0. The van der Waals surface area contributed by atoms with E-state index < -0.39 is 0 Å². The molecule has 2 amide bonds. The minimum absolute atomic E-state index is 0.0556. The highest BCUT2D eigenvalue weighted by Gasteiger charge is 2.08. The zero-order chi connectivity index (χ0) is 17.5. The van der Waals surface area contributed by atoms with Gasteiger partial charge in [-0.15, -0.1) is 0 Å². The zero-order valence-corrected chi connectivity index (χ0v) is 14.3. The number of ether oxygens (including phenoxy) is 1. The Morgan fingerprint density at radius 1 is 1.00 bits per heavy atom. The molecule has 0 radical (unpaired) electrons. The lowest BCUT2D eigenvalue weighted by Gasteiger charge is -2.10. The average Bonchev–Trinajstić information content (AvgIpc) is 2.56. The lowest BCUT2D eigenvalue weighted by atomic mass is 10.2. The molecular weight excluding hydrogens is 328 g/mol. The molecule has 0 spiro atoms. The van der Waals surface area contributed by atoms with Crippen molar-refractivity contribution in [3.63, 3.8) is 0 Å². The Labute approximate surface area is 146 Å². The topological polar surface area (TPSA) is 67.4 Å². The second kappa shape index (κ2) is 8.36. The first kappa shape index (κ1) is 17.8. The van der Waals surface area contributed by atoms with E-state index in [4.69, 9.17) is 16.3 Å². The van der Waals surface area contributed by atoms with Crippen LogP contribution in [0.2, 0.25) is 5.02 Å². The maximum atomic E-state index is 11.9. The number of carbonyl (C=O) groups excluding carboxylic acids is 2. The number of hydrogen-bond acceptors (Lipinski definition) is 3. The van der Waals surface area contributed by atoms with E-state index in [1.54, 1.807) is 48.5 Å². The number of rotatable bonds is 6. The van der Waals surface area contributed by atoms with Crippen LogP contribution in [0.4, 0.5) is 11.4 Å². The highest BCUT2D eigenvalue weighted by Crippen LogP contribution is 2.23. The van der Waals surface area contributed by atoms with Gasteiger partial charge >= 0.3 is 0 Å². The molecule has 0 aliphatic carbocycles. The molecule has 0 atom stereocenters. The fraction of sp³-hybridized carbons (Fsp3) is 0.222. The number of anilines is 2. The van der Waals surface area contributed by atoms with Crippen LogP contribution >= 0.6 is 11.6 Å². The van der Waals surface area contributed by atoms with Gasteiger partial charge in [0.15, 0.2) is 6.61 Å². The van der Waals surface area contributed by atoms with Gasteiger partial charge in [-0.25, -0.2) is 0 Å². The van der Waals surface area contributed by atoms with Crippen LogP contribution < -0.4 is 15.4 Å². The van der Waals surface area contributed by atoms with E-state index in [1.807, 2.05) is 13.8 Å². The molecule has 0 saturated heterocycles. The van der Waals surface area contributed by atoms with Gasteiger partial charge in [0.25, 0.3) is 5.91 Å². The number of para-hydroxylation sites is 1. The fourth-order valence-corrected chi connectivity index (χ4v) is 2.02. The average molecular weight is 347 g/mol. The summed E-state index contributed by atoms with van der Waals surface area (Å²) in [5.74, 6) is 0.0150. The first-order valence-electron chi connectivity index (χ1n) is 7.54. The largest absolute Gasteiger partial charge is 0.482 e. The molecule has 2 N–H and O–H groups in total. The molecule has 0 fully saturated rings. The van der Waals surface area contributed by atoms with Crippen molar-refractivity contribution in [3.8, 4) is 5.75 Å². The third-order valence-electron chi connectivity index (χ3n) is 3.16. The van der Waals surface area contributed by atoms with Gasteiger partial charge in [0.1, 0.15) is 5.75 Å². The van der Waals surface area contributed by atoms with Gasteiger partial charge in [-0.1, -0.05) is 37.6 Å². The minimum Gasteiger partial charge on any atom is -0.482 e. The highest BCUT2D eigenvalue weighted by molar-refractivity contribution is 6.32. The van der Waals surface area contributed by atoms with E-state index in [0.717, 1.165) is 0 Å². The third-order valence-corrected chi connectivity index (χ3v) is 3.47. The molecule has 24 heavy (non-hydrogen) atoms. The summed E-state index contributed by atoms with van der Waals surface area (Å²) in [5, 5.41) is 5.95. The first-order chi connectivity index (χ1) is 11.5. The van der Waals surface area contributed by atoms with Crippen molar-refractivity contribution >= 4 is 34.8 Å². The van der Waals surface area contributed by atoms with Crippen molar-refractivity contribution in [1.29, 1.82) is 0 Å². The summed E-state index contributed by atoms with van der Waals surface area (Å²) in [6, 6.07) is 13.8. The van der Waals surface area contributed by atoms with E-state index in [9.17, 15) is 9.59 Å². The summed E-state index contributed by atoms with van der Waals surface area (Å²) < 4.78 is 5.37. The zero-order valence-electron chi connectivity index (χ0n) is 13.5. The molecule has 0 unspecified atom stereocenters. The van der Waals surface area contributed by atoms with E-state index in [2.05, 4.69) is 10.6 Å². The number of nitrogens with one attached hydrogen (secondary N) is 2. The fourth-order valence-electron chi connectivity index (χ4n) is 1.83. The van der Waals surface area contributed by atoms with Crippen LogP contribution in [0.25, 0.3) is 0 Å². The van der Waals surface area contributed by atoms with Crippen LogP contribution in [0.15, 0.2) is 48.5 Å². The summed E-state index contributed by atoms with van der Waals surface area (Å²) in [6.45, 7) is 3.50. The standard InChI is InChI=1S/C18H19ClN2O3/c1-12(2)18(23)21-14-9-7-13(8-10-14)20-17(22)11-24-16-6-4-3-5-15(16)19/h3-10,12H,11H2,1-2H3,(H,20,22)(H,21,23). The lowest BCUT2D eigenvalue weighted by Crippen LogP contribution is -2.20. The third kappa shape index (κ3) is 5.28. The number of benzene rings is 2. The van der Waals surface area contributed by atoms with Crippen LogP contribution in [0.5, 0.6) is 5.75 Å². The quantitative estimate of drug-likeness (QED) is 0.832. The number of amides is 2. The van der Waals surface area contributed by atoms with Crippen LogP contribution in [0.1, 0.15) is 13.8 Å². The number of halogens is 1. The Hall–Kier alpha value is -2.53. The first-order valence-corrected chi connectivity index (χ1v) is 7.91. The molecule has 2 aromatic rings. The van der Waals surface area contributed by atoms with Gasteiger partial charge in [0, 0.05) is 17.3 Å². The summed E-state index contributed by atoms with van der Waals surface area (Å²) in [6.07, 6.45) is 0. The Morgan fingerprint density at radius 3 is 2.17 bits per heavy atom. The van der Waals surface area contributed by atoms with Gasteiger partial charge in [0.05, 0.1) is 5.02 Å². The molecule has 0 heterocycles. The van der Waals surface area contributed by atoms with Gasteiger partial charge in [-0.05, 0) is 36.4 Å². The van der Waals surface area contributed by atoms with Gasteiger partial charge in [-0.3, -0.25) is 9.59 Å². The van der Waals surface area contributed by atoms with Crippen LogP contribution in [0.3, 0.4) is 0 Å². The second-order valence-corrected chi connectivity index (χ2v) is 5.90. The predicted octanol–water partition coefficient (Wildman–Crippen LogP) is 3.95. The number of hydrogen-bond donors (Lipinski definition) is 2. The predicted molar refractivity (Wildman–Crippen MR) is 95.5 cm³/mol. The maximum Gasteiger partial charge on any atom is 0.262 e. The van der Waals surface area contributed by atoms with E-state index in [-0.39, 0.29) is 24.3 Å². The van der Waals surface area contributed by atoms with Gasteiger partial charge in [0.2, 0.25) is 5.91 Å². The van der Waals surface area contributed by atoms with Crippen molar-refractivity contribution < 1.29 is 14.3 Å². The second-order valence-electron chi connectivity index (χ2n) is 5.49. The molecule has 2 rings (SSSR count).